The van der Waals surface area contributed by atoms with Gasteiger partial charge in [0.15, 0.2) is 6.10 Å². The summed E-state index contributed by atoms with van der Waals surface area (Å²) in [6.07, 6.45) is -0.545. The average Bonchev–Trinajstić information content (AvgIpc) is 2.28. The van der Waals surface area contributed by atoms with E-state index in [4.69, 9.17) is 10.5 Å². The van der Waals surface area contributed by atoms with E-state index in [2.05, 4.69) is 21.2 Å². The quantitative estimate of drug-likeness (QED) is 0.877. The zero-order chi connectivity index (χ0) is 13.7. The number of amides is 1. The second kappa shape index (κ2) is 6.75. The Morgan fingerprint density at radius 1 is 1.50 bits per heavy atom. The van der Waals surface area contributed by atoms with Crippen molar-refractivity contribution in [2.75, 3.05) is 6.54 Å². The molecule has 0 radical (unpaired) electrons. The lowest BCUT2D eigenvalue weighted by atomic mass is 10.1. The van der Waals surface area contributed by atoms with Crippen LogP contribution in [0.15, 0.2) is 22.7 Å². The Morgan fingerprint density at radius 3 is 2.72 bits per heavy atom. The molecule has 0 aliphatic carbocycles. The van der Waals surface area contributed by atoms with E-state index < -0.39 is 6.10 Å². The van der Waals surface area contributed by atoms with Crippen LogP contribution in [0.5, 0.6) is 5.75 Å². The molecule has 0 spiro atoms. The Morgan fingerprint density at radius 2 is 2.17 bits per heavy atom. The second-order valence-corrected chi connectivity index (χ2v) is 5.04. The number of ether oxygens (including phenoxy) is 1. The van der Waals surface area contributed by atoms with Crippen molar-refractivity contribution in [3.63, 3.8) is 0 Å². The summed E-state index contributed by atoms with van der Waals surface area (Å²) in [6.45, 7) is 6.06. The zero-order valence-corrected chi connectivity index (χ0v) is 12.5. The van der Waals surface area contributed by atoms with Gasteiger partial charge in [-0.3, -0.25) is 4.79 Å². The van der Waals surface area contributed by atoms with Crippen molar-refractivity contribution in [1.29, 1.82) is 0 Å². The van der Waals surface area contributed by atoms with Crippen LogP contribution in [0.4, 0.5) is 0 Å². The Labute approximate surface area is 116 Å². The summed E-state index contributed by atoms with van der Waals surface area (Å²) in [5, 5.41) is 2.72. The topological polar surface area (TPSA) is 64.3 Å². The Kier molecular flexibility index (Phi) is 5.62. The number of carbonyl (C=O) groups excluding carboxylic acids is 1. The van der Waals surface area contributed by atoms with Crippen molar-refractivity contribution in [3.05, 3.63) is 28.2 Å². The molecule has 1 unspecified atom stereocenters. The molecule has 0 saturated heterocycles. The summed E-state index contributed by atoms with van der Waals surface area (Å²) in [5.74, 6) is 0.506. The van der Waals surface area contributed by atoms with E-state index in [-0.39, 0.29) is 11.9 Å². The maximum Gasteiger partial charge on any atom is 0.260 e. The standard InChI is InChI=1S/C13H19BrN2O2/c1-4-16-13(17)9(3)18-12-7-10(14)5-6-11(12)8(2)15/h5-9H,4,15H2,1-3H3,(H,16,17)/t8-,9?/m1/s1. The molecule has 1 aromatic rings. The molecule has 0 aliphatic heterocycles. The number of rotatable bonds is 5. The van der Waals surface area contributed by atoms with E-state index >= 15 is 0 Å². The van der Waals surface area contributed by atoms with Crippen LogP contribution in [0.2, 0.25) is 0 Å². The molecule has 1 aromatic carbocycles. The van der Waals surface area contributed by atoms with Crippen molar-refractivity contribution in [1.82, 2.24) is 5.32 Å². The number of hydrogen-bond donors (Lipinski definition) is 2. The van der Waals surface area contributed by atoms with E-state index in [0.717, 1.165) is 10.0 Å². The van der Waals surface area contributed by atoms with Gasteiger partial charge in [0.2, 0.25) is 0 Å². The van der Waals surface area contributed by atoms with E-state index in [1.807, 2.05) is 32.0 Å². The summed E-state index contributed by atoms with van der Waals surface area (Å²) in [5.41, 5.74) is 6.76. The molecular weight excluding hydrogens is 296 g/mol. The molecular formula is C13H19BrN2O2. The number of hydrogen-bond acceptors (Lipinski definition) is 3. The third-order valence-corrected chi connectivity index (χ3v) is 2.98. The van der Waals surface area contributed by atoms with Crippen LogP contribution < -0.4 is 15.8 Å². The minimum atomic E-state index is -0.545. The van der Waals surface area contributed by atoms with Crippen molar-refractivity contribution < 1.29 is 9.53 Å². The van der Waals surface area contributed by atoms with Gasteiger partial charge in [0, 0.05) is 22.6 Å². The fourth-order valence-electron chi connectivity index (χ4n) is 1.55. The lowest BCUT2D eigenvalue weighted by molar-refractivity contribution is -0.127. The largest absolute Gasteiger partial charge is 0.481 e. The van der Waals surface area contributed by atoms with Gasteiger partial charge in [-0.15, -0.1) is 0 Å². The highest BCUT2D eigenvalue weighted by molar-refractivity contribution is 9.10. The van der Waals surface area contributed by atoms with Gasteiger partial charge in [-0.05, 0) is 32.9 Å². The fraction of sp³-hybridized carbons (Fsp3) is 0.462. The van der Waals surface area contributed by atoms with Gasteiger partial charge < -0.3 is 15.8 Å². The van der Waals surface area contributed by atoms with Crippen molar-refractivity contribution in [2.24, 2.45) is 5.73 Å². The minimum absolute atomic E-state index is 0.131. The van der Waals surface area contributed by atoms with E-state index in [1.165, 1.54) is 0 Å². The molecule has 5 heteroatoms. The number of likely N-dealkylation sites (N-methyl/N-ethyl adjacent to an activating group) is 1. The smallest absolute Gasteiger partial charge is 0.260 e. The normalized spacial score (nSPS) is 13.8. The van der Waals surface area contributed by atoms with Crippen LogP contribution >= 0.6 is 15.9 Å². The van der Waals surface area contributed by atoms with Crippen LogP contribution in [0.25, 0.3) is 0 Å². The first-order valence-electron chi connectivity index (χ1n) is 5.95. The lowest BCUT2D eigenvalue weighted by Gasteiger charge is -2.18. The van der Waals surface area contributed by atoms with Crippen LogP contribution in [0.3, 0.4) is 0 Å². The third kappa shape index (κ3) is 3.99. The average molecular weight is 315 g/mol. The lowest BCUT2D eigenvalue weighted by Crippen LogP contribution is -2.36. The molecule has 0 heterocycles. The van der Waals surface area contributed by atoms with Gasteiger partial charge in [-0.1, -0.05) is 22.0 Å². The number of nitrogens with one attached hydrogen (secondary N) is 1. The summed E-state index contributed by atoms with van der Waals surface area (Å²) in [6, 6.07) is 5.49. The van der Waals surface area contributed by atoms with Crippen LogP contribution in [-0.4, -0.2) is 18.6 Å². The van der Waals surface area contributed by atoms with E-state index in [9.17, 15) is 4.79 Å². The molecule has 2 atom stereocenters. The predicted octanol–water partition coefficient (Wildman–Crippen LogP) is 2.37. The molecule has 18 heavy (non-hydrogen) atoms. The highest BCUT2D eigenvalue weighted by atomic mass is 79.9. The summed E-state index contributed by atoms with van der Waals surface area (Å²) < 4.78 is 6.57. The monoisotopic (exact) mass is 314 g/mol. The molecule has 0 fully saturated rings. The number of nitrogens with two attached hydrogens (primary N) is 1. The minimum Gasteiger partial charge on any atom is -0.481 e. The summed E-state index contributed by atoms with van der Waals surface area (Å²) in [4.78, 5) is 11.6. The molecule has 100 valence electrons. The number of carbonyl (C=O) groups is 1. The third-order valence-electron chi connectivity index (χ3n) is 2.49. The summed E-state index contributed by atoms with van der Waals surface area (Å²) >= 11 is 3.38. The molecule has 0 saturated carbocycles. The number of benzene rings is 1. The van der Waals surface area contributed by atoms with Crippen LogP contribution in [-0.2, 0) is 4.79 Å². The Hall–Kier alpha value is -1.07. The Bertz CT molecular complexity index is 421. The predicted molar refractivity (Wildman–Crippen MR) is 75.5 cm³/mol. The molecule has 0 bridgehead atoms. The van der Waals surface area contributed by atoms with Crippen molar-refractivity contribution in [2.45, 2.75) is 32.9 Å². The molecule has 1 rings (SSSR count). The maximum absolute atomic E-state index is 11.6. The second-order valence-electron chi connectivity index (χ2n) is 4.13. The highest BCUT2D eigenvalue weighted by Crippen LogP contribution is 2.28. The zero-order valence-electron chi connectivity index (χ0n) is 10.9. The van der Waals surface area contributed by atoms with Gasteiger partial charge in [-0.25, -0.2) is 0 Å². The van der Waals surface area contributed by atoms with Gasteiger partial charge in [0.1, 0.15) is 5.75 Å². The maximum atomic E-state index is 11.6. The van der Waals surface area contributed by atoms with E-state index in [1.54, 1.807) is 6.92 Å². The van der Waals surface area contributed by atoms with E-state index in [0.29, 0.717) is 12.3 Å². The van der Waals surface area contributed by atoms with Crippen LogP contribution in [0.1, 0.15) is 32.4 Å². The fourth-order valence-corrected chi connectivity index (χ4v) is 1.89. The molecule has 0 aliphatic rings. The molecule has 3 N–H and O–H groups in total. The first-order valence-corrected chi connectivity index (χ1v) is 6.74. The van der Waals surface area contributed by atoms with Gasteiger partial charge in [-0.2, -0.15) is 0 Å². The van der Waals surface area contributed by atoms with Gasteiger partial charge in [0.05, 0.1) is 0 Å². The van der Waals surface area contributed by atoms with Crippen LogP contribution in [0, 0.1) is 0 Å². The molecule has 1 amide bonds. The van der Waals surface area contributed by atoms with Gasteiger partial charge in [0.25, 0.3) is 5.91 Å². The first kappa shape index (κ1) is 15.0. The number of halogens is 1. The first-order chi connectivity index (χ1) is 8.45. The SMILES string of the molecule is CCNC(=O)C(C)Oc1cc(Br)ccc1[C@@H](C)N. The Balaban J connectivity index is 2.88. The summed E-state index contributed by atoms with van der Waals surface area (Å²) in [7, 11) is 0. The molecule has 4 nitrogen and oxygen atoms in total. The highest BCUT2D eigenvalue weighted by Gasteiger charge is 2.17. The van der Waals surface area contributed by atoms with Crippen molar-refractivity contribution >= 4 is 21.8 Å². The van der Waals surface area contributed by atoms with Crippen molar-refractivity contribution in [3.8, 4) is 5.75 Å². The van der Waals surface area contributed by atoms with Gasteiger partial charge >= 0.3 is 0 Å². The molecule has 0 aromatic heterocycles.